The lowest BCUT2D eigenvalue weighted by Gasteiger charge is -2.07. The van der Waals surface area contributed by atoms with Gasteiger partial charge in [0.25, 0.3) is 0 Å². The first-order chi connectivity index (χ1) is 11.0. The van der Waals surface area contributed by atoms with Crippen LogP contribution in [0.25, 0.3) is 6.08 Å². The lowest BCUT2D eigenvalue weighted by Crippen LogP contribution is -2.23. The summed E-state index contributed by atoms with van der Waals surface area (Å²) < 4.78 is 31.7. The third-order valence-electron chi connectivity index (χ3n) is 3.09. The van der Waals surface area contributed by atoms with Crippen LogP contribution in [0, 0.1) is 0 Å². The maximum atomic E-state index is 12.3. The maximum Gasteiger partial charge on any atom is 0.330 e. The second-order valence-electron chi connectivity index (χ2n) is 4.74. The van der Waals surface area contributed by atoms with Crippen molar-refractivity contribution in [2.45, 2.75) is 11.4 Å². The Kier molecular flexibility index (Phi) is 5.67. The first kappa shape index (κ1) is 16.9. The Balaban J connectivity index is 2.13. The lowest BCUT2D eigenvalue weighted by molar-refractivity contribution is -0.134. The minimum absolute atomic E-state index is 0.139. The van der Waals surface area contributed by atoms with Crippen LogP contribution in [0.4, 0.5) is 0 Å². The molecule has 0 fully saturated rings. The van der Waals surface area contributed by atoms with E-state index in [9.17, 15) is 13.2 Å². The molecule has 0 aliphatic heterocycles. The Morgan fingerprint density at radius 3 is 2.57 bits per heavy atom. The molecule has 6 heteroatoms. The zero-order valence-electron chi connectivity index (χ0n) is 12.6. The van der Waals surface area contributed by atoms with Gasteiger partial charge in [-0.3, -0.25) is 0 Å². The standard InChI is InChI=1S/C17H17NO4S/c1-22-17(19)11-10-14-8-5-9-16(12-14)23(20,21)18-13-15-6-3-2-4-7-15/h2-12,18H,13H2,1H3. The topological polar surface area (TPSA) is 72.5 Å². The van der Waals surface area contributed by atoms with E-state index < -0.39 is 16.0 Å². The summed E-state index contributed by atoms with van der Waals surface area (Å²) in [5, 5.41) is 0. The summed E-state index contributed by atoms with van der Waals surface area (Å²) in [4.78, 5) is 11.2. The predicted octanol–water partition coefficient (Wildman–Crippen LogP) is 2.35. The average Bonchev–Trinajstić information content (AvgIpc) is 2.59. The third-order valence-corrected chi connectivity index (χ3v) is 4.49. The van der Waals surface area contributed by atoms with Gasteiger partial charge in [0.05, 0.1) is 12.0 Å². The summed E-state index contributed by atoms with van der Waals surface area (Å²) in [5.41, 5.74) is 1.47. The minimum Gasteiger partial charge on any atom is -0.466 e. The van der Waals surface area contributed by atoms with Gasteiger partial charge in [0.15, 0.2) is 0 Å². The SMILES string of the molecule is COC(=O)C=Cc1cccc(S(=O)(=O)NCc2ccccc2)c1. The number of carbonyl (C=O) groups is 1. The van der Waals surface area contributed by atoms with Gasteiger partial charge in [0.2, 0.25) is 10.0 Å². The molecule has 0 bridgehead atoms. The van der Waals surface area contributed by atoms with Gasteiger partial charge >= 0.3 is 5.97 Å². The summed E-state index contributed by atoms with van der Waals surface area (Å²) >= 11 is 0. The third kappa shape index (κ3) is 5.05. The van der Waals surface area contributed by atoms with Crippen LogP contribution >= 0.6 is 0 Å². The number of rotatable bonds is 6. The summed E-state index contributed by atoms with van der Waals surface area (Å²) in [6.07, 6.45) is 2.74. The quantitative estimate of drug-likeness (QED) is 0.651. The smallest absolute Gasteiger partial charge is 0.330 e. The lowest BCUT2D eigenvalue weighted by atomic mass is 10.2. The molecule has 0 amide bonds. The fraction of sp³-hybridized carbons (Fsp3) is 0.118. The number of sulfonamides is 1. The van der Waals surface area contributed by atoms with Crippen molar-refractivity contribution < 1.29 is 17.9 Å². The van der Waals surface area contributed by atoms with Crippen LogP contribution in [-0.2, 0) is 26.1 Å². The Bertz CT molecular complexity index is 798. The van der Waals surface area contributed by atoms with Gasteiger partial charge in [-0.05, 0) is 29.3 Å². The zero-order valence-corrected chi connectivity index (χ0v) is 13.4. The van der Waals surface area contributed by atoms with Gasteiger partial charge in [0.1, 0.15) is 0 Å². The van der Waals surface area contributed by atoms with Gasteiger partial charge in [-0.1, -0.05) is 42.5 Å². The molecule has 0 saturated heterocycles. The number of benzene rings is 2. The van der Waals surface area contributed by atoms with E-state index in [1.54, 1.807) is 12.1 Å². The molecule has 1 N–H and O–H groups in total. The van der Waals surface area contributed by atoms with Crippen molar-refractivity contribution >= 4 is 22.1 Å². The molecule has 23 heavy (non-hydrogen) atoms. The second-order valence-corrected chi connectivity index (χ2v) is 6.51. The van der Waals surface area contributed by atoms with Gasteiger partial charge in [-0.2, -0.15) is 0 Å². The Labute approximate surface area is 135 Å². The van der Waals surface area contributed by atoms with E-state index in [-0.39, 0.29) is 11.4 Å². The number of esters is 1. The molecule has 0 aromatic heterocycles. The highest BCUT2D eigenvalue weighted by Crippen LogP contribution is 2.13. The van der Waals surface area contributed by atoms with E-state index in [1.165, 1.54) is 31.4 Å². The van der Waals surface area contributed by atoms with Crippen LogP contribution in [-0.4, -0.2) is 21.5 Å². The summed E-state index contributed by atoms with van der Waals surface area (Å²) in [7, 11) is -2.35. The van der Waals surface area contributed by atoms with Crippen LogP contribution in [0.2, 0.25) is 0 Å². The molecular formula is C17H17NO4S. The Hall–Kier alpha value is -2.44. The van der Waals surface area contributed by atoms with Crippen molar-refractivity contribution in [1.29, 1.82) is 0 Å². The molecule has 0 aliphatic carbocycles. The van der Waals surface area contributed by atoms with Crippen LogP contribution in [0.5, 0.6) is 0 Å². The van der Waals surface area contributed by atoms with Crippen molar-refractivity contribution in [3.63, 3.8) is 0 Å². The number of carbonyl (C=O) groups excluding carboxylic acids is 1. The molecular weight excluding hydrogens is 314 g/mol. The van der Waals surface area contributed by atoms with Crippen LogP contribution in [0.3, 0.4) is 0 Å². The molecule has 0 radical (unpaired) electrons. The zero-order chi connectivity index (χ0) is 16.7. The molecule has 2 aromatic carbocycles. The largest absolute Gasteiger partial charge is 0.466 e. The Morgan fingerprint density at radius 1 is 1.13 bits per heavy atom. The first-order valence-corrected chi connectivity index (χ1v) is 8.39. The predicted molar refractivity (Wildman–Crippen MR) is 88.0 cm³/mol. The number of hydrogen-bond donors (Lipinski definition) is 1. The molecule has 5 nitrogen and oxygen atoms in total. The van der Waals surface area contributed by atoms with Crippen molar-refractivity contribution in [3.8, 4) is 0 Å². The van der Waals surface area contributed by atoms with E-state index in [0.29, 0.717) is 5.56 Å². The monoisotopic (exact) mass is 331 g/mol. The minimum atomic E-state index is -3.63. The Morgan fingerprint density at radius 2 is 1.87 bits per heavy atom. The second kappa shape index (κ2) is 7.71. The van der Waals surface area contributed by atoms with Gasteiger partial charge in [-0.25, -0.2) is 17.9 Å². The average molecular weight is 331 g/mol. The molecule has 0 saturated carbocycles. The summed E-state index contributed by atoms with van der Waals surface area (Å²) in [6, 6.07) is 15.6. The highest BCUT2D eigenvalue weighted by Gasteiger charge is 2.13. The van der Waals surface area contributed by atoms with Crippen LogP contribution < -0.4 is 4.72 Å². The summed E-state index contributed by atoms with van der Waals surface area (Å²) in [6.45, 7) is 0.214. The van der Waals surface area contributed by atoms with Crippen molar-refractivity contribution in [1.82, 2.24) is 4.72 Å². The number of hydrogen-bond acceptors (Lipinski definition) is 4. The van der Waals surface area contributed by atoms with Gasteiger partial charge in [-0.15, -0.1) is 0 Å². The highest BCUT2D eigenvalue weighted by molar-refractivity contribution is 7.89. The van der Waals surface area contributed by atoms with E-state index in [2.05, 4.69) is 9.46 Å². The van der Waals surface area contributed by atoms with Gasteiger partial charge < -0.3 is 4.74 Å². The van der Waals surface area contributed by atoms with Crippen molar-refractivity contribution in [2.75, 3.05) is 7.11 Å². The fourth-order valence-corrected chi connectivity index (χ4v) is 2.95. The van der Waals surface area contributed by atoms with Crippen molar-refractivity contribution in [2.24, 2.45) is 0 Å². The van der Waals surface area contributed by atoms with Crippen LogP contribution in [0.15, 0.2) is 65.6 Å². The number of methoxy groups -OCH3 is 1. The maximum absolute atomic E-state index is 12.3. The van der Waals surface area contributed by atoms with E-state index >= 15 is 0 Å². The molecule has 2 aromatic rings. The normalized spacial score (nSPS) is 11.5. The van der Waals surface area contributed by atoms with Gasteiger partial charge in [0, 0.05) is 12.6 Å². The molecule has 0 heterocycles. The molecule has 0 aliphatic rings. The highest BCUT2D eigenvalue weighted by atomic mass is 32.2. The molecule has 0 spiro atoms. The molecule has 120 valence electrons. The van der Waals surface area contributed by atoms with E-state index in [1.807, 2.05) is 30.3 Å². The number of nitrogens with one attached hydrogen (secondary N) is 1. The molecule has 0 atom stereocenters. The number of ether oxygens (including phenoxy) is 1. The summed E-state index contributed by atoms with van der Waals surface area (Å²) in [5.74, 6) is -0.500. The van der Waals surface area contributed by atoms with E-state index in [0.717, 1.165) is 5.56 Å². The molecule has 2 rings (SSSR count). The molecule has 0 unspecified atom stereocenters. The fourth-order valence-electron chi connectivity index (χ4n) is 1.88. The first-order valence-electron chi connectivity index (χ1n) is 6.91. The van der Waals surface area contributed by atoms with Crippen molar-refractivity contribution in [3.05, 3.63) is 71.8 Å². The van der Waals surface area contributed by atoms with Crippen LogP contribution in [0.1, 0.15) is 11.1 Å². The van der Waals surface area contributed by atoms with E-state index in [4.69, 9.17) is 0 Å².